The number of ether oxygens (including phenoxy) is 5. The Morgan fingerprint density at radius 1 is 0.892 bits per heavy atom. The van der Waals surface area contributed by atoms with E-state index in [1.165, 1.54) is 33.1 Å². The van der Waals surface area contributed by atoms with Crippen molar-refractivity contribution in [1.82, 2.24) is 10.2 Å². The van der Waals surface area contributed by atoms with E-state index in [-0.39, 0.29) is 11.8 Å². The maximum absolute atomic E-state index is 14.1. The molecule has 0 aliphatic carbocycles. The van der Waals surface area contributed by atoms with Crippen LogP contribution in [0.5, 0.6) is 28.7 Å². The Morgan fingerprint density at radius 2 is 1.54 bits per heavy atom. The highest BCUT2D eigenvalue weighted by molar-refractivity contribution is 7.99. The number of methoxy groups -OCH3 is 5. The third-order valence-corrected chi connectivity index (χ3v) is 7.54. The molecule has 1 saturated heterocycles. The number of nitrogens with zero attached hydrogens (tertiary/aromatic N) is 1. The van der Waals surface area contributed by atoms with E-state index < -0.39 is 11.4 Å². The van der Waals surface area contributed by atoms with Gasteiger partial charge in [0.1, 0.15) is 11.4 Å². The summed E-state index contributed by atoms with van der Waals surface area (Å²) in [5, 5.41) is 2.59. The number of thioether (sulfide) groups is 1. The average Bonchev–Trinajstić information content (AvgIpc) is 3.38. The smallest absolute Gasteiger partial charge is 0.256 e. The van der Waals surface area contributed by atoms with Gasteiger partial charge in [-0.1, -0.05) is 25.8 Å². The number of unbranched alkanes of at least 4 members (excludes halogenated alkanes) is 2. The van der Waals surface area contributed by atoms with Gasteiger partial charge >= 0.3 is 0 Å². The number of nitrogens with one attached hydrogen (secondary N) is 1. The number of carbonyl (C=O) groups excluding carboxylic acids is 2. The molecule has 0 bridgehead atoms. The van der Waals surface area contributed by atoms with Gasteiger partial charge in [0.15, 0.2) is 23.0 Å². The molecule has 0 saturated carbocycles. The quantitative estimate of drug-likeness (QED) is 0.405. The Labute approximate surface area is 222 Å². The average molecular weight is 533 g/mol. The largest absolute Gasteiger partial charge is 0.493 e. The number of benzene rings is 2. The number of hydrogen-bond acceptors (Lipinski definition) is 8. The maximum Gasteiger partial charge on any atom is 0.256 e. The van der Waals surface area contributed by atoms with Gasteiger partial charge in [0.25, 0.3) is 5.91 Å². The minimum Gasteiger partial charge on any atom is -0.493 e. The van der Waals surface area contributed by atoms with Crippen LogP contribution in [0.4, 0.5) is 0 Å². The van der Waals surface area contributed by atoms with E-state index in [0.29, 0.717) is 46.6 Å². The molecule has 1 N–H and O–H groups in total. The van der Waals surface area contributed by atoms with Gasteiger partial charge in [-0.3, -0.25) is 9.59 Å². The molecule has 0 radical (unpaired) electrons. The van der Waals surface area contributed by atoms with Crippen LogP contribution in [0.2, 0.25) is 0 Å². The summed E-state index contributed by atoms with van der Waals surface area (Å²) in [7, 11) is 7.63. The number of carbonyl (C=O) groups is 2. The molecule has 3 rings (SSSR count). The van der Waals surface area contributed by atoms with Crippen LogP contribution >= 0.6 is 11.8 Å². The predicted molar refractivity (Wildman–Crippen MR) is 143 cm³/mol. The van der Waals surface area contributed by atoms with Crippen LogP contribution in [-0.4, -0.2) is 70.6 Å². The second kappa shape index (κ2) is 13.3. The molecule has 2 amide bonds. The third kappa shape index (κ3) is 6.18. The summed E-state index contributed by atoms with van der Waals surface area (Å²) >= 11 is 1.53. The second-order valence-electron chi connectivity index (χ2n) is 8.44. The van der Waals surface area contributed by atoms with Gasteiger partial charge in [-0.05, 0) is 36.2 Å². The molecule has 2 unspecified atom stereocenters. The topological polar surface area (TPSA) is 95.6 Å². The van der Waals surface area contributed by atoms with Crippen molar-refractivity contribution in [1.29, 1.82) is 0 Å². The summed E-state index contributed by atoms with van der Waals surface area (Å²) in [4.78, 5) is 29.0. The number of hydrogen-bond donors (Lipinski definition) is 1. The van der Waals surface area contributed by atoms with Gasteiger partial charge < -0.3 is 33.9 Å². The highest BCUT2D eigenvalue weighted by Crippen LogP contribution is 2.46. The van der Waals surface area contributed by atoms with Gasteiger partial charge in [0.2, 0.25) is 11.7 Å². The SMILES string of the molecule is CCCCCNC(=O)C1CSC(c2ccc(OC)c(OC)c2)N1C(=O)c1cc(OC)c(OC)c(OC)c1. The Bertz CT molecular complexity index is 1070. The molecule has 2 aromatic carbocycles. The minimum atomic E-state index is -0.656. The van der Waals surface area contributed by atoms with E-state index in [1.807, 2.05) is 12.1 Å². The molecule has 0 aromatic heterocycles. The monoisotopic (exact) mass is 532 g/mol. The van der Waals surface area contributed by atoms with Crippen molar-refractivity contribution in [2.24, 2.45) is 0 Å². The summed E-state index contributed by atoms with van der Waals surface area (Å²) in [5.41, 5.74) is 1.15. The lowest BCUT2D eigenvalue weighted by atomic mass is 10.1. The lowest BCUT2D eigenvalue weighted by molar-refractivity contribution is -0.124. The Hall–Kier alpha value is -3.27. The molecule has 1 fully saturated rings. The van der Waals surface area contributed by atoms with Crippen molar-refractivity contribution in [3.05, 3.63) is 41.5 Å². The summed E-state index contributed by atoms with van der Waals surface area (Å²) in [6.45, 7) is 2.68. The van der Waals surface area contributed by atoms with Crippen LogP contribution in [-0.2, 0) is 4.79 Å². The molecular weight excluding hydrogens is 496 g/mol. The van der Waals surface area contributed by atoms with Crippen LogP contribution in [0, 0.1) is 0 Å². The molecule has 2 atom stereocenters. The zero-order valence-corrected chi connectivity index (χ0v) is 23.1. The van der Waals surface area contributed by atoms with Gasteiger partial charge in [0, 0.05) is 17.9 Å². The van der Waals surface area contributed by atoms with Crippen LogP contribution in [0.15, 0.2) is 30.3 Å². The van der Waals surface area contributed by atoms with E-state index in [2.05, 4.69) is 12.2 Å². The van der Waals surface area contributed by atoms with Crippen molar-refractivity contribution in [3.8, 4) is 28.7 Å². The first-order valence-corrected chi connectivity index (χ1v) is 13.2. The Balaban J connectivity index is 2.02. The van der Waals surface area contributed by atoms with Crippen LogP contribution < -0.4 is 29.0 Å². The van der Waals surface area contributed by atoms with Crippen LogP contribution in [0.1, 0.15) is 47.5 Å². The lowest BCUT2D eigenvalue weighted by Crippen LogP contribution is -2.48. The first kappa shape index (κ1) is 28.3. The lowest BCUT2D eigenvalue weighted by Gasteiger charge is -2.30. The van der Waals surface area contributed by atoms with E-state index in [0.717, 1.165) is 24.8 Å². The summed E-state index contributed by atoms with van der Waals surface area (Å²) in [5.74, 6) is 2.20. The molecule has 2 aromatic rings. The van der Waals surface area contributed by atoms with E-state index >= 15 is 0 Å². The summed E-state index contributed by atoms with van der Waals surface area (Å²) in [6.07, 6.45) is 2.98. The molecule has 0 spiro atoms. The number of amides is 2. The van der Waals surface area contributed by atoms with Crippen LogP contribution in [0.25, 0.3) is 0 Å². The zero-order valence-electron chi connectivity index (χ0n) is 22.3. The van der Waals surface area contributed by atoms with E-state index in [9.17, 15) is 9.59 Å². The molecule has 1 aliphatic rings. The molecule has 202 valence electrons. The third-order valence-electron chi connectivity index (χ3n) is 6.22. The summed E-state index contributed by atoms with van der Waals surface area (Å²) in [6, 6.07) is 8.08. The summed E-state index contributed by atoms with van der Waals surface area (Å²) < 4.78 is 27.2. The molecule has 1 aliphatic heterocycles. The van der Waals surface area contributed by atoms with Gasteiger partial charge in [-0.15, -0.1) is 11.8 Å². The van der Waals surface area contributed by atoms with Crippen molar-refractivity contribution in [2.75, 3.05) is 47.8 Å². The second-order valence-corrected chi connectivity index (χ2v) is 9.55. The fourth-order valence-electron chi connectivity index (χ4n) is 4.28. The van der Waals surface area contributed by atoms with E-state index in [1.54, 1.807) is 37.3 Å². The standard InChI is InChI=1S/C27H36N2O7S/c1-7-8-9-12-28-25(30)19-16-37-27(17-10-11-20(32-2)21(13-17)33-3)29(19)26(31)18-14-22(34-4)24(36-6)23(15-18)35-5/h10-11,13-15,19,27H,7-9,12,16H2,1-6H3,(H,28,30). The predicted octanol–water partition coefficient (Wildman–Crippen LogP) is 4.29. The Morgan fingerprint density at radius 3 is 2.11 bits per heavy atom. The zero-order chi connectivity index (χ0) is 26.9. The van der Waals surface area contributed by atoms with Crippen molar-refractivity contribution in [2.45, 2.75) is 37.6 Å². The minimum absolute atomic E-state index is 0.174. The maximum atomic E-state index is 14.1. The highest BCUT2D eigenvalue weighted by Gasteiger charge is 2.43. The van der Waals surface area contributed by atoms with Gasteiger partial charge in [-0.25, -0.2) is 0 Å². The van der Waals surface area contributed by atoms with Gasteiger partial charge in [-0.2, -0.15) is 0 Å². The first-order chi connectivity index (χ1) is 17.9. The van der Waals surface area contributed by atoms with Crippen molar-refractivity contribution < 1.29 is 33.3 Å². The molecule has 10 heteroatoms. The fraction of sp³-hybridized carbons (Fsp3) is 0.481. The van der Waals surface area contributed by atoms with Crippen LogP contribution in [0.3, 0.4) is 0 Å². The first-order valence-electron chi connectivity index (χ1n) is 12.2. The fourth-order valence-corrected chi connectivity index (χ4v) is 5.70. The van der Waals surface area contributed by atoms with Crippen molar-refractivity contribution in [3.63, 3.8) is 0 Å². The number of rotatable bonds is 12. The molecule has 1 heterocycles. The normalized spacial score (nSPS) is 16.8. The van der Waals surface area contributed by atoms with E-state index in [4.69, 9.17) is 23.7 Å². The molecular formula is C27H36N2O7S. The van der Waals surface area contributed by atoms with Gasteiger partial charge in [0.05, 0.1) is 35.5 Å². The van der Waals surface area contributed by atoms with Crippen molar-refractivity contribution >= 4 is 23.6 Å². The molecule has 9 nitrogen and oxygen atoms in total. The highest BCUT2D eigenvalue weighted by atomic mass is 32.2. The molecule has 37 heavy (non-hydrogen) atoms. The Kier molecular flexibility index (Phi) is 10.2.